The van der Waals surface area contributed by atoms with Crippen molar-refractivity contribution in [2.24, 2.45) is 4.99 Å². The van der Waals surface area contributed by atoms with Gasteiger partial charge in [0.15, 0.2) is 5.17 Å². The van der Waals surface area contributed by atoms with E-state index in [1.165, 1.54) is 11.8 Å². The lowest BCUT2D eigenvalue weighted by Gasteiger charge is -2.14. The number of hydrogen-bond acceptors (Lipinski definition) is 5. The standard InChI is InChI=1S/C22H23N3O3S/c1-4-13-25-21(27)19(14-20(26)24-18-8-6-5-7-15(18)2)29-22(25)23-16-9-11-17(28-3)12-10-16/h4-12,19H,1,13-14H2,2-3H3,(H,24,26)/t19-/m1/s1. The number of nitrogens with one attached hydrogen (secondary N) is 1. The third kappa shape index (κ3) is 5.06. The first-order valence-electron chi connectivity index (χ1n) is 9.19. The highest BCUT2D eigenvalue weighted by Crippen LogP contribution is 2.32. The van der Waals surface area contributed by atoms with Gasteiger partial charge in [-0.2, -0.15) is 0 Å². The molecule has 0 aromatic heterocycles. The maximum atomic E-state index is 12.8. The van der Waals surface area contributed by atoms with Crippen LogP contribution >= 0.6 is 11.8 Å². The van der Waals surface area contributed by atoms with Crippen LogP contribution in [-0.4, -0.2) is 40.8 Å². The fraction of sp³-hybridized carbons (Fsp3) is 0.227. The van der Waals surface area contributed by atoms with E-state index >= 15 is 0 Å². The molecule has 1 N–H and O–H groups in total. The number of nitrogens with zero attached hydrogens (tertiary/aromatic N) is 2. The number of anilines is 1. The number of aliphatic imine (C=N–C) groups is 1. The Balaban J connectivity index is 1.74. The average Bonchev–Trinajstić information content (AvgIpc) is 2.99. The minimum absolute atomic E-state index is 0.0765. The first kappa shape index (κ1) is 20.7. The SMILES string of the molecule is C=CCN1C(=O)[C@@H](CC(=O)Nc2ccccc2C)SC1=Nc1ccc(OC)cc1. The van der Waals surface area contributed by atoms with Gasteiger partial charge in [0.1, 0.15) is 11.0 Å². The van der Waals surface area contributed by atoms with E-state index in [0.717, 1.165) is 17.0 Å². The number of amides is 2. The van der Waals surface area contributed by atoms with Crippen molar-refractivity contribution in [1.82, 2.24) is 4.90 Å². The van der Waals surface area contributed by atoms with Gasteiger partial charge in [-0.15, -0.1) is 6.58 Å². The Bertz CT molecular complexity index is 941. The zero-order valence-electron chi connectivity index (χ0n) is 16.4. The van der Waals surface area contributed by atoms with Gasteiger partial charge < -0.3 is 10.1 Å². The van der Waals surface area contributed by atoms with Crippen molar-refractivity contribution >= 4 is 40.1 Å². The number of ether oxygens (including phenoxy) is 1. The Morgan fingerprint density at radius 1 is 1.28 bits per heavy atom. The molecule has 1 heterocycles. The van der Waals surface area contributed by atoms with Gasteiger partial charge in [0, 0.05) is 18.7 Å². The Kier molecular flexibility index (Phi) is 6.72. The third-order valence-electron chi connectivity index (χ3n) is 4.42. The molecule has 1 aliphatic heterocycles. The van der Waals surface area contributed by atoms with Crippen molar-refractivity contribution in [3.8, 4) is 5.75 Å². The maximum absolute atomic E-state index is 12.8. The number of benzene rings is 2. The van der Waals surface area contributed by atoms with E-state index < -0.39 is 5.25 Å². The second-order valence-corrected chi connectivity index (χ2v) is 7.67. The van der Waals surface area contributed by atoms with E-state index in [2.05, 4.69) is 16.9 Å². The van der Waals surface area contributed by atoms with Gasteiger partial charge >= 0.3 is 0 Å². The molecule has 0 bridgehead atoms. The van der Waals surface area contributed by atoms with E-state index in [1.54, 1.807) is 18.1 Å². The number of carbonyl (C=O) groups excluding carboxylic acids is 2. The second-order valence-electron chi connectivity index (χ2n) is 6.50. The molecule has 0 radical (unpaired) electrons. The summed E-state index contributed by atoms with van der Waals surface area (Å²) in [5.74, 6) is 0.397. The fourth-order valence-corrected chi connectivity index (χ4v) is 4.04. The molecule has 3 rings (SSSR count). The van der Waals surface area contributed by atoms with Crippen molar-refractivity contribution < 1.29 is 14.3 Å². The predicted molar refractivity (Wildman–Crippen MR) is 118 cm³/mol. The van der Waals surface area contributed by atoms with Crippen molar-refractivity contribution in [3.63, 3.8) is 0 Å². The number of hydrogen-bond donors (Lipinski definition) is 1. The van der Waals surface area contributed by atoms with Gasteiger partial charge in [-0.05, 0) is 42.8 Å². The van der Waals surface area contributed by atoms with Crippen LogP contribution < -0.4 is 10.1 Å². The number of thioether (sulfide) groups is 1. The molecule has 0 aliphatic carbocycles. The molecule has 1 fully saturated rings. The minimum atomic E-state index is -0.518. The van der Waals surface area contributed by atoms with E-state index in [1.807, 2.05) is 55.5 Å². The van der Waals surface area contributed by atoms with E-state index in [0.29, 0.717) is 17.4 Å². The molecule has 2 aromatic carbocycles. The predicted octanol–water partition coefficient (Wildman–Crippen LogP) is 4.15. The normalized spacial score (nSPS) is 17.4. The lowest BCUT2D eigenvalue weighted by atomic mass is 10.2. The van der Waals surface area contributed by atoms with Gasteiger partial charge in [0.2, 0.25) is 11.8 Å². The van der Waals surface area contributed by atoms with Gasteiger partial charge in [0.25, 0.3) is 0 Å². The molecule has 1 saturated heterocycles. The number of rotatable bonds is 7. The molecule has 150 valence electrons. The Morgan fingerprint density at radius 2 is 2.00 bits per heavy atom. The van der Waals surface area contributed by atoms with Crippen LogP contribution in [-0.2, 0) is 9.59 Å². The summed E-state index contributed by atoms with van der Waals surface area (Å²) in [5.41, 5.74) is 2.43. The Morgan fingerprint density at radius 3 is 2.66 bits per heavy atom. The maximum Gasteiger partial charge on any atom is 0.242 e. The number of methoxy groups -OCH3 is 1. The number of para-hydroxylation sites is 1. The average molecular weight is 410 g/mol. The zero-order chi connectivity index (χ0) is 20.8. The molecule has 2 amide bonds. The largest absolute Gasteiger partial charge is 0.497 e. The first-order valence-corrected chi connectivity index (χ1v) is 10.1. The van der Waals surface area contributed by atoms with Crippen LogP contribution in [0, 0.1) is 6.92 Å². The molecule has 29 heavy (non-hydrogen) atoms. The summed E-state index contributed by atoms with van der Waals surface area (Å²) in [7, 11) is 1.60. The zero-order valence-corrected chi connectivity index (χ0v) is 17.2. The smallest absolute Gasteiger partial charge is 0.242 e. The number of carbonyl (C=O) groups is 2. The van der Waals surface area contributed by atoms with E-state index in [9.17, 15) is 9.59 Å². The highest BCUT2D eigenvalue weighted by molar-refractivity contribution is 8.15. The molecule has 7 heteroatoms. The number of aryl methyl sites for hydroxylation is 1. The number of amidine groups is 1. The van der Waals surface area contributed by atoms with E-state index in [4.69, 9.17) is 4.74 Å². The van der Waals surface area contributed by atoms with Gasteiger partial charge in [-0.1, -0.05) is 36.0 Å². The molecule has 0 saturated carbocycles. The topological polar surface area (TPSA) is 71.0 Å². The summed E-state index contributed by atoms with van der Waals surface area (Å²) in [4.78, 5) is 31.5. The Hall–Kier alpha value is -3.06. The highest BCUT2D eigenvalue weighted by Gasteiger charge is 2.38. The van der Waals surface area contributed by atoms with Crippen LogP contribution in [0.2, 0.25) is 0 Å². The quantitative estimate of drug-likeness (QED) is 0.698. The molecule has 1 atom stereocenters. The lowest BCUT2D eigenvalue weighted by molar-refractivity contribution is -0.127. The van der Waals surface area contributed by atoms with Crippen molar-refractivity contribution in [3.05, 3.63) is 66.7 Å². The molecule has 0 spiro atoms. The molecule has 6 nitrogen and oxygen atoms in total. The van der Waals surface area contributed by atoms with Gasteiger partial charge in [0.05, 0.1) is 12.8 Å². The fourth-order valence-electron chi connectivity index (χ4n) is 2.87. The summed E-state index contributed by atoms with van der Waals surface area (Å²) < 4.78 is 5.16. The third-order valence-corrected chi connectivity index (χ3v) is 5.59. The summed E-state index contributed by atoms with van der Waals surface area (Å²) in [6, 6.07) is 14.8. The lowest BCUT2D eigenvalue weighted by Crippen LogP contribution is -2.33. The van der Waals surface area contributed by atoms with Crippen molar-refractivity contribution in [2.45, 2.75) is 18.6 Å². The highest BCUT2D eigenvalue weighted by atomic mass is 32.2. The van der Waals surface area contributed by atoms with Crippen LogP contribution in [0.5, 0.6) is 5.75 Å². The van der Waals surface area contributed by atoms with Gasteiger partial charge in [-0.25, -0.2) is 4.99 Å². The summed E-state index contributed by atoms with van der Waals surface area (Å²) in [6.45, 7) is 5.99. The first-order chi connectivity index (χ1) is 14.0. The van der Waals surface area contributed by atoms with Crippen LogP contribution in [0.4, 0.5) is 11.4 Å². The minimum Gasteiger partial charge on any atom is -0.497 e. The molecule has 1 aliphatic rings. The van der Waals surface area contributed by atoms with Crippen LogP contribution in [0.25, 0.3) is 0 Å². The van der Waals surface area contributed by atoms with Crippen LogP contribution in [0.3, 0.4) is 0 Å². The van der Waals surface area contributed by atoms with Crippen LogP contribution in [0.15, 0.2) is 66.2 Å². The van der Waals surface area contributed by atoms with Crippen molar-refractivity contribution in [1.29, 1.82) is 0 Å². The summed E-state index contributed by atoms with van der Waals surface area (Å²) >= 11 is 1.30. The monoisotopic (exact) mass is 409 g/mol. The summed E-state index contributed by atoms with van der Waals surface area (Å²) in [6.07, 6.45) is 1.73. The molecule has 0 unspecified atom stereocenters. The molecular formula is C22H23N3O3S. The Labute approximate surface area is 174 Å². The second kappa shape index (κ2) is 9.43. The van der Waals surface area contributed by atoms with E-state index in [-0.39, 0.29) is 18.2 Å². The summed E-state index contributed by atoms with van der Waals surface area (Å²) in [5, 5.41) is 2.93. The van der Waals surface area contributed by atoms with Gasteiger partial charge in [-0.3, -0.25) is 14.5 Å². The molecular weight excluding hydrogens is 386 g/mol. The molecule has 2 aromatic rings. The van der Waals surface area contributed by atoms with Crippen LogP contribution in [0.1, 0.15) is 12.0 Å². The van der Waals surface area contributed by atoms with Crippen molar-refractivity contribution in [2.75, 3.05) is 19.0 Å².